The zero-order valence-corrected chi connectivity index (χ0v) is 9.44. The van der Waals surface area contributed by atoms with Crippen molar-refractivity contribution in [3.63, 3.8) is 0 Å². The first kappa shape index (κ1) is 14.7. The average Bonchev–Trinajstić information content (AvgIpc) is 2.30. The molecule has 0 aliphatic heterocycles. The first-order chi connectivity index (χ1) is 7.70. The lowest BCUT2D eigenvalue weighted by atomic mass is 10.3. The summed E-state index contributed by atoms with van der Waals surface area (Å²) in [6.07, 6.45) is 1.07. The summed E-state index contributed by atoms with van der Waals surface area (Å²) in [7, 11) is 1.57. The highest BCUT2D eigenvalue weighted by Gasteiger charge is 2.00. The number of carbonyl (C=O) groups excluding carboxylic acids is 1. The van der Waals surface area contributed by atoms with Crippen LogP contribution in [0.15, 0.2) is 5.16 Å². The molecule has 1 amide bonds. The molecular formula is C9H19N3O4. The topological polar surface area (TPSA) is 106 Å². The van der Waals surface area contributed by atoms with Crippen LogP contribution in [0.4, 0.5) is 0 Å². The molecule has 94 valence electrons. The second kappa shape index (κ2) is 10.2. The van der Waals surface area contributed by atoms with Gasteiger partial charge in [-0.15, -0.1) is 0 Å². The molecule has 0 aromatic rings. The van der Waals surface area contributed by atoms with Crippen LogP contribution in [-0.4, -0.2) is 50.4 Å². The maximum atomic E-state index is 11.1. The Balaban J connectivity index is 3.30. The minimum Gasteiger partial charge on any atom is -0.409 e. The SMILES string of the molecule is COCCOCC(=O)NCCCC(N)=NO. The lowest BCUT2D eigenvalue weighted by Crippen LogP contribution is -2.29. The van der Waals surface area contributed by atoms with E-state index in [1.54, 1.807) is 7.11 Å². The summed E-state index contributed by atoms with van der Waals surface area (Å²) in [5, 5.41) is 13.7. The first-order valence-electron chi connectivity index (χ1n) is 5.00. The number of ether oxygens (including phenoxy) is 2. The van der Waals surface area contributed by atoms with Gasteiger partial charge in [-0.2, -0.15) is 0 Å². The Hall–Kier alpha value is -1.34. The Labute approximate surface area is 94.6 Å². The van der Waals surface area contributed by atoms with E-state index in [0.29, 0.717) is 32.6 Å². The van der Waals surface area contributed by atoms with Crippen molar-refractivity contribution in [1.29, 1.82) is 0 Å². The van der Waals surface area contributed by atoms with Gasteiger partial charge in [0.15, 0.2) is 0 Å². The third-order valence-electron chi connectivity index (χ3n) is 1.73. The van der Waals surface area contributed by atoms with Gasteiger partial charge >= 0.3 is 0 Å². The van der Waals surface area contributed by atoms with E-state index in [0.717, 1.165) is 0 Å². The molecule has 0 aliphatic carbocycles. The summed E-state index contributed by atoms with van der Waals surface area (Å²) in [4.78, 5) is 11.1. The molecule has 0 aromatic heterocycles. The van der Waals surface area contributed by atoms with E-state index < -0.39 is 0 Å². The molecule has 0 aliphatic rings. The van der Waals surface area contributed by atoms with Gasteiger partial charge in [0.05, 0.1) is 13.2 Å². The molecule has 0 saturated heterocycles. The number of methoxy groups -OCH3 is 1. The van der Waals surface area contributed by atoms with Crippen LogP contribution in [0.2, 0.25) is 0 Å². The summed E-state index contributed by atoms with van der Waals surface area (Å²) in [6.45, 7) is 1.36. The smallest absolute Gasteiger partial charge is 0.245 e. The molecule has 0 spiro atoms. The molecule has 0 unspecified atom stereocenters. The fourth-order valence-corrected chi connectivity index (χ4v) is 0.905. The van der Waals surface area contributed by atoms with Gasteiger partial charge < -0.3 is 25.7 Å². The van der Waals surface area contributed by atoms with Crippen molar-refractivity contribution in [2.45, 2.75) is 12.8 Å². The molecule has 16 heavy (non-hydrogen) atoms. The quantitative estimate of drug-likeness (QED) is 0.160. The molecule has 0 atom stereocenters. The number of amides is 1. The van der Waals surface area contributed by atoms with Gasteiger partial charge in [0.1, 0.15) is 12.4 Å². The van der Waals surface area contributed by atoms with Crippen LogP contribution in [0.25, 0.3) is 0 Å². The van der Waals surface area contributed by atoms with E-state index in [1.165, 1.54) is 0 Å². The molecule has 0 aromatic carbocycles. The van der Waals surface area contributed by atoms with Gasteiger partial charge in [-0.1, -0.05) is 5.16 Å². The Kier molecular flexibility index (Phi) is 9.33. The Morgan fingerprint density at radius 3 is 2.88 bits per heavy atom. The third-order valence-corrected chi connectivity index (χ3v) is 1.73. The zero-order chi connectivity index (χ0) is 12.2. The van der Waals surface area contributed by atoms with Gasteiger partial charge in [-0.3, -0.25) is 4.79 Å². The Morgan fingerprint density at radius 1 is 1.50 bits per heavy atom. The largest absolute Gasteiger partial charge is 0.409 e. The van der Waals surface area contributed by atoms with Crippen molar-refractivity contribution in [1.82, 2.24) is 5.32 Å². The summed E-state index contributed by atoms with van der Waals surface area (Å²) in [5.74, 6) is -0.0267. The number of nitrogens with zero attached hydrogens (tertiary/aromatic N) is 1. The maximum absolute atomic E-state index is 11.1. The highest BCUT2D eigenvalue weighted by Crippen LogP contribution is 1.86. The van der Waals surface area contributed by atoms with Crippen LogP contribution in [0.1, 0.15) is 12.8 Å². The lowest BCUT2D eigenvalue weighted by Gasteiger charge is -2.05. The summed E-state index contributed by atoms with van der Waals surface area (Å²) in [5.41, 5.74) is 5.25. The van der Waals surface area contributed by atoms with E-state index >= 15 is 0 Å². The van der Waals surface area contributed by atoms with E-state index in [-0.39, 0.29) is 18.3 Å². The van der Waals surface area contributed by atoms with Crippen molar-refractivity contribution in [3.8, 4) is 0 Å². The van der Waals surface area contributed by atoms with Crippen LogP contribution in [-0.2, 0) is 14.3 Å². The molecule has 7 nitrogen and oxygen atoms in total. The number of hydrogen-bond donors (Lipinski definition) is 3. The van der Waals surface area contributed by atoms with Gasteiger partial charge in [-0.05, 0) is 6.42 Å². The predicted octanol–water partition coefficient (Wildman–Crippen LogP) is -0.708. The van der Waals surface area contributed by atoms with Crippen molar-refractivity contribution in [3.05, 3.63) is 0 Å². The first-order valence-corrected chi connectivity index (χ1v) is 5.00. The minimum atomic E-state index is -0.185. The second-order valence-corrected chi connectivity index (χ2v) is 3.09. The van der Waals surface area contributed by atoms with Crippen LogP contribution >= 0.6 is 0 Å². The van der Waals surface area contributed by atoms with Crippen LogP contribution in [0.5, 0.6) is 0 Å². The number of carbonyl (C=O) groups is 1. The fraction of sp³-hybridized carbons (Fsp3) is 0.778. The summed E-state index contributed by atoms with van der Waals surface area (Å²) in [6, 6.07) is 0. The van der Waals surface area contributed by atoms with E-state index in [4.69, 9.17) is 20.4 Å². The second-order valence-electron chi connectivity index (χ2n) is 3.09. The van der Waals surface area contributed by atoms with Crippen LogP contribution in [0.3, 0.4) is 0 Å². The van der Waals surface area contributed by atoms with Crippen LogP contribution in [0, 0.1) is 0 Å². The number of rotatable bonds is 9. The predicted molar refractivity (Wildman–Crippen MR) is 58.3 cm³/mol. The van der Waals surface area contributed by atoms with Gasteiger partial charge in [0, 0.05) is 20.1 Å². The maximum Gasteiger partial charge on any atom is 0.245 e. The fourth-order valence-electron chi connectivity index (χ4n) is 0.905. The molecule has 0 bridgehead atoms. The highest BCUT2D eigenvalue weighted by molar-refractivity contribution is 5.79. The summed E-state index contributed by atoms with van der Waals surface area (Å²) >= 11 is 0. The normalized spacial score (nSPS) is 11.4. The Bertz CT molecular complexity index is 221. The van der Waals surface area contributed by atoms with Crippen molar-refractivity contribution in [2.75, 3.05) is 33.5 Å². The number of oxime groups is 1. The zero-order valence-electron chi connectivity index (χ0n) is 9.44. The lowest BCUT2D eigenvalue weighted by molar-refractivity contribution is -0.126. The van der Waals surface area contributed by atoms with Crippen molar-refractivity contribution < 1.29 is 19.5 Å². The minimum absolute atomic E-state index is 0.0208. The van der Waals surface area contributed by atoms with E-state index in [9.17, 15) is 4.79 Å². The molecule has 0 saturated carbocycles. The Morgan fingerprint density at radius 2 is 2.25 bits per heavy atom. The monoisotopic (exact) mass is 233 g/mol. The summed E-state index contributed by atoms with van der Waals surface area (Å²) < 4.78 is 9.76. The van der Waals surface area contributed by atoms with Crippen molar-refractivity contribution >= 4 is 11.7 Å². The van der Waals surface area contributed by atoms with Gasteiger partial charge in [0.25, 0.3) is 0 Å². The van der Waals surface area contributed by atoms with Gasteiger partial charge in [0.2, 0.25) is 5.91 Å². The molecule has 7 heteroatoms. The molecule has 4 N–H and O–H groups in total. The number of amidine groups is 1. The van der Waals surface area contributed by atoms with Crippen LogP contribution < -0.4 is 11.1 Å². The number of nitrogens with two attached hydrogens (primary N) is 1. The van der Waals surface area contributed by atoms with E-state index in [2.05, 4.69) is 10.5 Å². The van der Waals surface area contributed by atoms with E-state index in [1.807, 2.05) is 0 Å². The highest BCUT2D eigenvalue weighted by atomic mass is 16.5. The standard InChI is InChI=1S/C9H19N3O4/c1-15-5-6-16-7-9(13)11-4-2-3-8(10)12-14/h14H,2-7H2,1H3,(H2,10,12)(H,11,13). The molecule has 0 rings (SSSR count). The number of hydrogen-bond acceptors (Lipinski definition) is 5. The average molecular weight is 233 g/mol. The van der Waals surface area contributed by atoms with Crippen molar-refractivity contribution in [2.24, 2.45) is 10.9 Å². The molecule has 0 heterocycles. The molecular weight excluding hydrogens is 214 g/mol. The number of nitrogens with one attached hydrogen (secondary N) is 1. The van der Waals surface area contributed by atoms with Gasteiger partial charge in [-0.25, -0.2) is 0 Å². The molecule has 0 fully saturated rings. The molecule has 0 radical (unpaired) electrons. The third kappa shape index (κ3) is 9.22.